The van der Waals surface area contributed by atoms with E-state index in [0.29, 0.717) is 0 Å². The molecule has 0 radical (unpaired) electrons. The minimum Gasteiger partial charge on any atom is -0.389 e. The first kappa shape index (κ1) is 15.3. The second kappa shape index (κ2) is 6.55. The maximum atomic E-state index is 10.7. The number of hydrogen-bond acceptors (Lipinski definition) is 3. The zero-order chi connectivity index (χ0) is 13.9. The normalized spacial score (nSPS) is 37.1. The van der Waals surface area contributed by atoms with Crippen molar-refractivity contribution in [3.05, 3.63) is 0 Å². The first-order chi connectivity index (χ1) is 9.00. The highest BCUT2D eigenvalue weighted by molar-refractivity contribution is 4.90. The standard InChI is InChI=1S/C16H32N2O/c1-4-17(3)11-15-7-10-18(12-15)13-16(19)8-5-14(2)6-9-16/h14-15,19H,4-13H2,1-3H3. The van der Waals surface area contributed by atoms with Crippen LogP contribution in [0.3, 0.4) is 0 Å². The van der Waals surface area contributed by atoms with Gasteiger partial charge >= 0.3 is 0 Å². The van der Waals surface area contributed by atoms with E-state index in [2.05, 4.69) is 30.7 Å². The summed E-state index contributed by atoms with van der Waals surface area (Å²) in [5.41, 5.74) is -0.391. The molecule has 1 aliphatic heterocycles. The minimum atomic E-state index is -0.391. The summed E-state index contributed by atoms with van der Waals surface area (Å²) in [6, 6.07) is 0. The SMILES string of the molecule is CCN(C)CC1CCN(CC2(O)CCC(C)CC2)C1. The van der Waals surface area contributed by atoms with Crippen molar-refractivity contribution in [1.29, 1.82) is 0 Å². The predicted molar refractivity (Wildman–Crippen MR) is 80.3 cm³/mol. The average molecular weight is 268 g/mol. The molecule has 1 aliphatic carbocycles. The number of β-amino-alcohol motifs (C(OH)–C–C–N with tert-alkyl or cyclic N) is 1. The van der Waals surface area contributed by atoms with Gasteiger partial charge in [0.15, 0.2) is 0 Å². The summed E-state index contributed by atoms with van der Waals surface area (Å²) in [4.78, 5) is 4.91. The summed E-state index contributed by atoms with van der Waals surface area (Å²) >= 11 is 0. The fraction of sp³-hybridized carbons (Fsp3) is 1.00. The molecule has 0 spiro atoms. The quantitative estimate of drug-likeness (QED) is 0.828. The van der Waals surface area contributed by atoms with Crippen LogP contribution < -0.4 is 0 Å². The molecular formula is C16H32N2O. The summed E-state index contributed by atoms with van der Waals surface area (Å²) in [6.07, 6.45) is 5.71. The molecule has 1 N–H and O–H groups in total. The van der Waals surface area contributed by atoms with Crippen molar-refractivity contribution < 1.29 is 5.11 Å². The molecular weight excluding hydrogens is 236 g/mol. The molecule has 3 nitrogen and oxygen atoms in total. The van der Waals surface area contributed by atoms with E-state index >= 15 is 0 Å². The van der Waals surface area contributed by atoms with Crippen LogP contribution >= 0.6 is 0 Å². The zero-order valence-corrected chi connectivity index (χ0v) is 13.1. The Labute approximate surface area is 119 Å². The molecule has 2 aliphatic rings. The van der Waals surface area contributed by atoms with E-state index in [1.807, 2.05) is 0 Å². The third-order valence-corrected chi connectivity index (χ3v) is 5.20. The van der Waals surface area contributed by atoms with Crippen LogP contribution in [0.1, 0.15) is 46.0 Å². The lowest BCUT2D eigenvalue weighted by atomic mass is 9.79. The summed E-state index contributed by atoms with van der Waals surface area (Å²) in [5.74, 6) is 1.61. The summed E-state index contributed by atoms with van der Waals surface area (Å²) in [5, 5.41) is 10.7. The van der Waals surface area contributed by atoms with Crippen LogP contribution in [0.5, 0.6) is 0 Å². The van der Waals surface area contributed by atoms with Crippen molar-refractivity contribution >= 4 is 0 Å². The first-order valence-corrected chi connectivity index (χ1v) is 8.14. The molecule has 0 amide bonds. The van der Waals surface area contributed by atoms with E-state index in [9.17, 15) is 5.11 Å². The van der Waals surface area contributed by atoms with E-state index in [1.54, 1.807) is 0 Å². The fourth-order valence-electron chi connectivity index (χ4n) is 3.65. The van der Waals surface area contributed by atoms with Gasteiger partial charge in [0, 0.05) is 19.6 Å². The molecule has 2 rings (SSSR count). The van der Waals surface area contributed by atoms with Crippen molar-refractivity contribution in [2.45, 2.75) is 51.6 Å². The van der Waals surface area contributed by atoms with Crippen LogP contribution in [0.2, 0.25) is 0 Å². The molecule has 1 unspecified atom stereocenters. The molecule has 3 heteroatoms. The van der Waals surface area contributed by atoms with Crippen molar-refractivity contribution in [2.75, 3.05) is 39.8 Å². The molecule has 0 aromatic heterocycles. The highest BCUT2D eigenvalue weighted by atomic mass is 16.3. The first-order valence-electron chi connectivity index (χ1n) is 8.14. The minimum absolute atomic E-state index is 0.391. The molecule has 1 saturated heterocycles. The third-order valence-electron chi connectivity index (χ3n) is 5.20. The van der Waals surface area contributed by atoms with Gasteiger partial charge in [-0.05, 0) is 64.1 Å². The largest absolute Gasteiger partial charge is 0.389 e. The monoisotopic (exact) mass is 268 g/mol. The number of hydrogen-bond donors (Lipinski definition) is 1. The Morgan fingerprint density at radius 2 is 1.95 bits per heavy atom. The van der Waals surface area contributed by atoms with Gasteiger partial charge in [0.05, 0.1) is 5.60 Å². The van der Waals surface area contributed by atoms with Gasteiger partial charge in [-0.3, -0.25) is 0 Å². The summed E-state index contributed by atoms with van der Waals surface area (Å²) < 4.78 is 0. The van der Waals surface area contributed by atoms with E-state index in [1.165, 1.54) is 38.9 Å². The Balaban J connectivity index is 1.75. The Kier molecular flexibility index (Phi) is 5.27. The van der Waals surface area contributed by atoms with Crippen LogP contribution in [0.25, 0.3) is 0 Å². The molecule has 0 aromatic rings. The molecule has 112 valence electrons. The second-order valence-corrected chi connectivity index (χ2v) is 7.15. The Morgan fingerprint density at radius 3 is 2.58 bits per heavy atom. The van der Waals surface area contributed by atoms with Gasteiger partial charge in [-0.25, -0.2) is 0 Å². The number of likely N-dealkylation sites (tertiary alicyclic amines) is 1. The van der Waals surface area contributed by atoms with Gasteiger partial charge in [0.2, 0.25) is 0 Å². The summed E-state index contributed by atoms with van der Waals surface area (Å²) in [7, 11) is 2.21. The van der Waals surface area contributed by atoms with Crippen molar-refractivity contribution in [3.63, 3.8) is 0 Å². The van der Waals surface area contributed by atoms with Gasteiger partial charge < -0.3 is 14.9 Å². The Morgan fingerprint density at radius 1 is 1.26 bits per heavy atom. The predicted octanol–water partition coefficient (Wildman–Crippen LogP) is 2.20. The fourth-order valence-corrected chi connectivity index (χ4v) is 3.65. The lowest BCUT2D eigenvalue weighted by Crippen LogP contribution is -2.44. The molecule has 1 atom stereocenters. The molecule has 19 heavy (non-hydrogen) atoms. The molecule has 1 heterocycles. The van der Waals surface area contributed by atoms with E-state index < -0.39 is 5.60 Å². The van der Waals surface area contributed by atoms with Gasteiger partial charge in [-0.15, -0.1) is 0 Å². The van der Waals surface area contributed by atoms with Gasteiger partial charge in [-0.1, -0.05) is 13.8 Å². The van der Waals surface area contributed by atoms with Crippen LogP contribution in [-0.4, -0.2) is 60.3 Å². The van der Waals surface area contributed by atoms with Crippen molar-refractivity contribution in [1.82, 2.24) is 9.80 Å². The smallest absolute Gasteiger partial charge is 0.0774 e. The maximum absolute atomic E-state index is 10.7. The van der Waals surface area contributed by atoms with E-state index in [4.69, 9.17) is 0 Å². The number of nitrogens with zero attached hydrogens (tertiary/aromatic N) is 2. The molecule has 2 fully saturated rings. The third kappa shape index (κ3) is 4.44. The topological polar surface area (TPSA) is 26.7 Å². The van der Waals surface area contributed by atoms with Crippen LogP contribution in [0.15, 0.2) is 0 Å². The van der Waals surface area contributed by atoms with Crippen LogP contribution in [-0.2, 0) is 0 Å². The zero-order valence-electron chi connectivity index (χ0n) is 13.1. The molecule has 1 saturated carbocycles. The summed E-state index contributed by atoms with van der Waals surface area (Å²) in [6.45, 7) is 10.2. The Hall–Kier alpha value is -0.120. The lowest BCUT2D eigenvalue weighted by molar-refractivity contribution is -0.0313. The van der Waals surface area contributed by atoms with Crippen molar-refractivity contribution in [2.24, 2.45) is 11.8 Å². The van der Waals surface area contributed by atoms with E-state index in [-0.39, 0.29) is 0 Å². The molecule has 0 bridgehead atoms. The lowest BCUT2D eigenvalue weighted by Gasteiger charge is -2.37. The Bertz CT molecular complexity index is 274. The number of aliphatic hydroxyl groups is 1. The molecule has 0 aromatic carbocycles. The van der Waals surface area contributed by atoms with Gasteiger partial charge in [0.25, 0.3) is 0 Å². The highest BCUT2D eigenvalue weighted by Crippen LogP contribution is 2.33. The van der Waals surface area contributed by atoms with Gasteiger partial charge in [-0.2, -0.15) is 0 Å². The highest BCUT2D eigenvalue weighted by Gasteiger charge is 2.35. The maximum Gasteiger partial charge on any atom is 0.0774 e. The second-order valence-electron chi connectivity index (χ2n) is 7.15. The van der Waals surface area contributed by atoms with Crippen molar-refractivity contribution in [3.8, 4) is 0 Å². The van der Waals surface area contributed by atoms with Crippen LogP contribution in [0.4, 0.5) is 0 Å². The van der Waals surface area contributed by atoms with Crippen LogP contribution in [0, 0.1) is 11.8 Å². The average Bonchev–Trinajstić information content (AvgIpc) is 2.80. The number of rotatable bonds is 5. The van der Waals surface area contributed by atoms with Gasteiger partial charge in [0.1, 0.15) is 0 Å². The van der Waals surface area contributed by atoms with E-state index in [0.717, 1.165) is 37.8 Å².